The zero-order valence-corrected chi connectivity index (χ0v) is 22.1. The fourth-order valence-electron chi connectivity index (χ4n) is 4.11. The number of carbonyl (C=O) groups is 2. The Morgan fingerprint density at radius 1 is 0.973 bits per heavy atom. The van der Waals surface area contributed by atoms with Gasteiger partial charge in [-0.2, -0.15) is 5.10 Å². The number of amides is 2. The van der Waals surface area contributed by atoms with Crippen LogP contribution in [0, 0.1) is 5.92 Å². The van der Waals surface area contributed by atoms with Gasteiger partial charge in [-0.1, -0.05) is 87.0 Å². The van der Waals surface area contributed by atoms with Gasteiger partial charge in [0.25, 0.3) is 5.91 Å². The monoisotopic (exact) mass is 514 g/mol. The number of hydrogen-bond acceptors (Lipinski definition) is 3. The summed E-state index contributed by atoms with van der Waals surface area (Å²) in [5, 5.41) is 8.20. The van der Waals surface area contributed by atoms with Crippen molar-refractivity contribution in [3.63, 3.8) is 0 Å². The normalized spacial score (nSPS) is 10.9. The van der Waals surface area contributed by atoms with Crippen LogP contribution in [0.1, 0.15) is 36.7 Å². The summed E-state index contributed by atoms with van der Waals surface area (Å²) in [5.41, 5.74) is 3.98. The van der Waals surface area contributed by atoms with Gasteiger partial charge in [-0.05, 0) is 42.2 Å². The van der Waals surface area contributed by atoms with Gasteiger partial charge >= 0.3 is 0 Å². The van der Waals surface area contributed by atoms with Crippen LogP contribution in [0.2, 0.25) is 5.02 Å². The zero-order valence-electron chi connectivity index (χ0n) is 21.3. The molecule has 0 saturated carbocycles. The summed E-state index contributed by atoms with van der Waals surface area (Å²) < 4.78 is 1.63. The Balaban J connectivity index is 1.61. The molecule has 0 unspecified atom stereocenters. The number of anilines is 1. The van der Waals surface area contributed by atoms with Crippen molar-refractivity contribution in [3.8, 4) is 16.9 Å². The molecule has 0 aliphatic heterocycles. The molecule has 0 spiro atoms. The second-order valence-electron chi connectivity index (χ2n) is 9.32. The van der Waals surface area contributed by atoms with E-state index >= 15 is 0 Å². The third kappa shape index (κ3) is 6.46. The standard InChI is InChI=1S/C30H31ClN4O2/c1-4-22-14-16-24(17-15-22)30(37)34(19-21(2)3)20-29(36)32-28-18-26(23-10-6-5-7-11-23)33-35(28)27-13-9-8-12-25(27)31/h5-18,21H,4,19-20H2,1-3H3,(H,32,36). The van der Waals surface area contributed by atoms with Gasteiger partial charge in [0.2, 0.25) is 5.91 Å². The number of para-hydroxylation sites is 1. The molecule has 3 aromatic carbocycles. The molecule has 2 amide bonds. The zero-order chi connectivity index (χ0) is 26.4. The average Bonchev–Trinajstić information content (AvgIpc) is 3.31. The maximum absolute atomic E-state index is 13.3. The topological polar surface area (TPSA) is 67.2 Å². The Kier molecular flexibility index (Phi) is 8.41. The number of benzene rings is 3. The molecule has 0 atom stereocenters. The van der Waals surface area contributed by atoms with Crippen molar-refractivity contribution in [2.24, 2.45) is 5.92 Å². The third-order valence-corrected chi connectivity index (χ3v) is 6.26. The SMILES string of the molecule is CCc1ccc(C(=O)N(CC(=O)Nc2cc(-c3ccccc3)nn2-c2ccccc2Cl)CC(C)C)cc1. The lowest BCUT2D eigenvalue weighted by molar-refractivity contribution is -0.117. The Bertz CT molecular complexity index is 1360. The number of nitrogens with zero attached hydrogens (tertiary/aromatic N) is 3. The van der Waals surface area contributed by atoms with Crippen LogP contribution >= 0.6 is 11.6 Å². The van der Waals surface area contributed by atoms with Crippen LogP contribution in [0.15, 0.2) is 84.9 Å². The first-order valence-corrected chi connectivity index (χ1v) is 12.8. The van der Waals surface area contributed by atoms with Crippen LogP contribution in [-0.2, 0) is 11.2 Å². The molecule has 6 nitrogen and oxygen atoms in total. The van der Waals surface area contributed by atoms with E-state index in [0.717, 1.165) is 17.5 Å². The molecule has 1 N–H and O–H groups in total. The van der Waals surface area contributed by atoms with Gasteiger partial charge < -0.3 is 10.2 Å². The van der Waals surface area contributed by atoms with Crippen molar-refractivity contribution >= 4 is 29.2 Å². The first-order valence-electron chi connectivity index (χ1n) is 12.4. The van der Waals surface area contributed by atoms with E-state index in [1.165, 1.54) is 0 Å². The number of halogens is 1. The van der Waals surface area contributed by atoms with Crippen LogP contribution in [0.3, 0.4) is 0 Å². The molecule has 0 fully saturated rings. The van der Waals surface area contributed by atoms with Gasteiger partial charge in [0.15, 0.2) is 0 Å². The molecule has 0 aliphatic rings. The number of rotatable bonds is 9. The lowest BCUT2D eigenvalue weighted by atomic mass is 10.1. The van der Waals surface area contributed by atoms with E-state index in [4.69, 9.17) is 16.7 Å². The highest BCUT2D eigenvalue weighted by atomic mass is 35.5. The highest BCUT2D eigenvalue weighted by Crippen LogP contribution is 2.28. The van der Waals surface area contributed by atoms with E-state index in [0.29, 0.717) is 34.3 Å². The van der Waals surface area contributed by atoms with Crippen molar-refractivity contribution in [2.75, 3.05) is 18.4 Å². The number of nitrogens with one attached hydrogen (secondary N) is 1. The highest BCUT2D eigenvalue weighted by Gasteiger charge is 2.22. The molecule has 0 bridgehead atoms. The predicted octanol–water partition coefficient (Wildman–Crippen LogP) is 6.49. The molecule has 37 heavy (non-hydrogen) atoms. The molecular formula is C30H31ClN4O2. The molecule has 190 valence electrons. The maximum Gasteiger partial charge on any atom is 0.254 e. The average molecular weight is 515 g/mol. The summed E-state index contributed by atoms with van der Waals surface area (Å²) >= 11 is 6.47. The van der Waals surface area contributed by atoms with E-state index in [1.54, 1.807) is 15.6 Å². The fourth-order valence-corrected chi connectivity index (χ4v) is 4.32. The van der Waals surface area contributed by atoms with E-state index in [-0.39, 0.29) is 24.3 Å². The largest absolute Gasteiger partial charge is 0.329 e. The van der Waals surface area contributed by atoms with Crippen molar-refractivity contribution < 1.29 is 9.59 Å². The summed E-state index contributed by atoms with van der Waals surface area (Å²) in [6, 6.07) is 26.4. The number of hydrogen-bond donors (Lipinski definition) is 1. The Morgan fingerprint density at radius 2 is 1.65 bits per heavy atom. The second kappa shape index (κ2) is 11.9. The van der Waals surface area contributed by atoms with E-state index < -0.39 is 0 Å². The Morgan fingerprint density at radius 3 is 2.30 bits per heavy atom. The van der Waals surface area contributed by atoms with Gasteiger partial charge in [0.05, 0.1) is 16.4 Å². The first kappa shape index (κ1) is 26.2. The summed E-state index contributed by atoms with van der Waals surface area (Å²) in [6.07, 6.45) is 0.899. The van der Waals surface area contributed by atoms with Gasteiger partial charge in [0, 0.05) is 23.7 Å². The van der Waals surface area contributed by atoms with Crippen molar-refractivity contribution in [3.05, 3.63) is 101 Å². The van der Waals surface area contributed by atoms with Gasteiger partial charge in [-0.25, -0.2) is 4.68 Å². The Labute approximate surface area is 222 Å². The van der Waals surface area contributed by atoms with Crippen LogP contribution in [0.5, 0.6) is 0 Å². The summed E-state index contributed by atoms with van der Waals surface area (Å²) in [4.78, 5) is 28.2. The minimum Gasteiger partial charge on any atom is -0.329 e. The molecular weight excluding hydrogens is 484 g/mol. The van der Waals surface area contributed by atoms with Crippen LogP contribution in [0.25, 0.3) is 16.9 Å². The molecule has 0 saturated heterocycles. The highest BCUT2D eigenvalue weighted by molar-refractivity contribution is 6.32. The fraction of sp³-hybridized carbons (Fsp3) is 0.233. The van der Waals surface area contributed by atoms with Crippen LogP contribution < -0.4 is 5.32 Å². The molecule has 0 aliphatic carbocycles. The third-order valence-electron chi connectivity index (χ3n) is 5.94. The van der Waals surface area contributed by atoms with Gasteiger partial charge in [0.1, 0.15) is 12.4 Å². The lowest BCUT2D eigenvalue weighted by Gasteiger charge is -2.24. The lowest BCUT2D eigenvalue weighted by Crippen LogP contribution is -2.40. The van der Waals surface area contributed by atoms with Crippen LogP contribution in [-0.4, -0.2) is 39.6 Å². The minimum absolute atomic E-state index is 0.0824. The molecule has 1 heterocycles. The molecule has 0 radical (unpaired) electrons. The van der Waals surface area contributed by atoms with Crippen molar-refractivity contribution in [1.29, 1.82) is 0 Å². The van der Waals surface area contributed by atoms with Crippen molar-refractivity contribution in [2.45, 2.75) is 27.2 Å². The second-order valence-corrected chi connectivity index (χ2v) is 9.73. The molecule has 7 heteroatoms. The van der Waals surface area contributed by atoms with Crippen molar-refractivity contribution in [1.82, 2.24) is 14.7 Å². The van der Waals surface area contributed by atoms with E-state index in [2.05, 4.69) is 12.2 Å². The molecule has 4 aromatic rings. The number of aryl methyl sites for hydroxylation is 1. The van der Waals surface area contributed by atoms with E-state index in [9.17, 15) is 9.59 Å². The number of carbonyl (C=O) groups excluding carboxylic acids is 2. The maximum atomic E-state index is 13.3. The van der Waals surface area contributed by atoms with Gasteiger partial charge in [-0.15, -0.1) is 0 Å². The molecule has 4 rings (SSSR count). The summed E-state index contributed by atoms with van der Waals surface area (Å²) in [5.74, 6) is 0.189. The minimum atomic E-state index is -0.313. The van der Waals surface area contributed by atoms with Gasteiger partial charge in [-0.3, -0.25) is 9.59 Å². The van der Waals surface area contributed by atoms with Crippen LogP contribution in [0.4, 0.5) is 5.82 Å². The molecule has 1 aromatic heterocycles. The smallest absolute Gasteiger partial charge is 0.254 e. The Hall–Kier alpha value is -3.90. The quantitative estimate of drug-likeness (QED) is 0.277. The van der Waals surface area contributed by atoms with E-state index in [1.807, 2.05) is 92.7 Å². The first-order chi connectivity index (χ1) is 17.9. The summed E-state index contributed by atoms with van der Waals surface area (Å²) in [7, 11) is 0. The predicted molar refractivity (Wildman–Crippen MR) is 149 cm³/mol. The summed E-state index contributed by atoms with van der Waals surface area (Å²) in [6.45, 7) is 6.50. The number of aromatic nitrogens is 2.